The van der Waals surface area contributed by atoms with E-state index in [-0.39, 0.29) is 29.1 Å². The highest BCUT2D eigenvalue weighted by molar-refractivity contribution is 5.96. The number of ether oxygens (including phenoxy) is 1. The van der Waals surface area contributed by atoms with Crippen LogP contribution in [0.3, 0.4) is 0 Å². The summed E-state index contributed by atoms with van der Waals surface area (Å²) in [6.07, 6.45) is 2.57. The van der Waals surface area contributed by atoms with Gasteiger partial charge in [-0.1, -0.05) is 19.9 Å². The second-order valence-electron chi connectivity index (χ2n) is 7.03. The van der Waals surface area contributed by atoms with Gasteiger partial charge in [-0.2, -0.15) is 0 Å². The first-order chi connectivity index (χ1) is 10.2. The first kappa shape index (κ1) is 16.7. The molecule has 1 saturated carbocycles. The van der Waals surface area contributed by atoms with Gasteiger partial charge in [-0.3, -0.25) is 9.59 Å². The predicted molar refractivity (Wildman–Crippen MR) is 76.9 cm³/mol. The number of carboxylic acid groups (broad SMARTS) is 1. The van der Waals surface area contributed by atoms with Gasteiger partial charge in [0.25, 0.3) is 0 Å². The zero-order valence-corrected chi connectivity index (χ0v) is 13.1. The van der Waals surface area contributed by atoms with E-state index in [2.05, 4.69) is 4.74 Å². The van der Waals surface area contributed by atoms with Crippen LogP contribution in [-0.2, 0) is 19.1 Å². The molecule has 0 aliphatic heterocycles. The number of Topliss-reactive ketones (excluding diaryl/α,β-unsaturated/α-hetero) is 1. The van der Waals surface area contributed by atoms with E-state index in [1.165, 1.54) is 7.11 Å². The fraction of sp³-hybridized carbons (Fsp3) is 0.688. The number of carbonyl (C=O) groups is 3. The first-order valence-electron chi connectivity index (χ1n) is 7.34. The Morgan fingerprint density at radius 3 is 2.50 bits per heavy atom. The molecule has 22 heavy (non-hydrogen) atoms. The molecule has 122 valence electrons. The number of fused-ring (bicyclic) bond motifs is 1. The first-order valence-corrected chi connectivity index (χ1v) is 7.34. The van der Waals surface area contributed by atoms with Crippen LogP contribution in [0.5, 0.6) is 0 Å². The maximum absolute atomic E-state index is 12.5. The second kappa shape index (κ2) is 5.50. The molecule has 0 aromatic rings. The van der Waals surface area contributed by atoms with E-state index in [9.17, 15) is 24.6 Å². The van der Waals surface area contributed by atoms with Crippen molar-refractivity contribution < 1.29 is 29.3 Å². The number of aliphatic hydroxyl groups excluding tert-OH is 1. The van der Waals surface area contributed by atoms with Crippen molar-refractivity contribution in [3.05, 3.63) is 11.6 Å². The average Bonchev–Trinajstić information content (AvgIpc) is 2.87. The summed E-state index contributed by atoms with van der Waals surface area (Å²) in [6.45, 7) is 3.38. The Labute approximate surface area is 129 Å². The van der Waals surface area contributed by atoms with Gasteiger partial charge in [-0.05, 0) is 24.2 Å². The lowest BCUT2D eigenvalue weighted by Crippen LogP contribution is -2.42. The van der Waals surface area contributed by atoms with Crippen LogP contribution < -0.4 is 0 Å². The third-order valence-electron chi connectivity index (χ3n) is 5.09. The van der Waals surface area contributed by atoms with Gasteiger partial charge in [-0.15, -0.1) is 0 Å². The van der Waals surface area contributed by atoms with Crippen LogP contribution in [0.25, 0.3) is 0 Å². The fourth-order valence-corrected chi connectivity index (χ4v) is 4.38. The van der Waals surface area contributed by atoms with Gasteiger partial charge in [-0.25, -0.2) is 4.79 Å². The van der Waals surface area contributed by atoms with Crippen LogP contribution in [0, 0.1) is 22.7 Å². The molecule has 6 nitrogen and oxygen atoms in total. The molecule has 2 N–H and O–H groups in total. The summed E-state index contributed by atoms with van der Waals surface area (Å²) < 4.78 is 4.67. The third kappa shape index (κ3) is 2.45. The van der Waals surface area contributed by atoms with Crippen LogP contribution in [0.4, 0.5) is 0 Å². The van der Waals surface area contributed by atoms with Crippen molar-refractivity contribution in [2.45, 2.75) is 33.1 Å². The van der Waals surface area contributed by atoms with Crippen molar-refractivity contribution in [3.63, 3.8) is 0 Å². The number of aliphatic carboxylic acids is 1. The number of ketones is 1. The molecular formula is C16H22O6. The maximum atomic E-state index is 12.5. The van der Waals surface area contributed by atoms with Crippen molar-refractivity contribution in [1.82, 2.24) is 0 Å². The lowest BCUT2D eigenvalue weighted by Gasteiger charge is -2.35. The molecule has 0 bridgehead atoms. The molecule has 0 spiro atoms. The van der Waals surface area contributed by atoms with Crippen molar-refractivity contribution >= 4 is 17.7 Å². The van der Waals surface area contributed by atoms with Gasteiger partial charge in [0.15, 0.2) is 5.78 Å². The Bertz CT molecular complexity index is 547. The Hall–Kier alpha value is -1.69. The van der Waals surface area contributed by atoms with E-state index >= 15 is 0 Å². The van der Waals surface area contributed by atoms with Crippen LogP contribution in [0.15, 0.2) is 11.6 Å². The van der Waals surface area contributed by atoms with E-state index in [0.717, 1.165) is 0 Å². The molecule has 0 heterocycles. The maximum Gasteiger partial charge on any atom is 0.331 e. The average molecular weight is 310 g/mol. The van der Waals surface area contributed by atoms with Gasteiger partial charge >= 0.3 is 11.9 Å². The van der Waals surface area contributed by atoms with E-state index in [1.807, 2.05) is 13.8 Å². The van der Waals surface area contributed by atoms with Crippen molar-refractivity contribution in [1.29, 1.82) is 0 Å². The second-order valence-corrected chi connectivity index (χ2v) is 7.03. The molecule has 0 aromatic heterocycles. The van der Waals surface area contributed by atoms with Gasteiger partial charge in [0, 0.05) is 16.9 Å². The molecule has 0 aromatic carbocycles. The largest absolute Gasteiger partial charge is 0.478 e. The molecular weight excluding hydrogens is 288 g/mol. The molecule has 2 rings (SSSR count). The van der Waals surface area contributed by atoms with Crippen LogP contribution in [-0.4, -0.2) is 41.7 Å². The van der Waals surface area contributed by atoms with Crippen LogP contribution >= 0.6 is 0 Å². The summed E-state index contributed by atoms with van der Waals surface area (Å²) in [4.78, 5) is 35.8. The van der Waals surface area contributed by atoms with Crippen LogP contribution in [0.1, 0.15) is 33.1 Å². The Balaban J connectivity index is 2.51. The summed E-state index contributed by atoms with van der Waals surface area (Å²) in [5.74, 6) is -3.06. The summed E-state index contributed by atoms with van der Waals surface area (Å²) in [6, 6.07) is 0. The molecule has 2 aliphatic rings. The molecule has 0 saturated heterocycles. The highest BCUT2D eigenvalue weighted by atomic mass is 16.5. The van der Waals surface area contributed by atoms with Crippen molar-refractivity contribution in [2.24, 2.45) is 22.7 Å². The van der Waals surface area contributed by atoms with Crippen LogP contribution in [0.2, 0.25) is 0 Å². The number of rotatable bonds is 5. The van der Waals surface area contributed by atoms with Gasteiger partial charge in [0.05, 0.1) is 13.5 Å². The normalized spacial score (nSPS) is 32.3. The highest BCUT2D eigenvalue weighted by Crippen LogP contribution is 2.63. The topological polar surface area (TPSA) is 101 Å². The lowest BCUT2D eigenvalue weighted by molar-refractivity contribution is -0.145. The Morgan fingerprint density at radius 2 is 2.00 bits per heavy atom. The third-order valence-corrected chi connectivity index (χ3v) is 5.09. The number of aliphatic hydroxyl groups is 1. The van der Waals surface area contributed by atoms with Crippen molar-refractivity contribution in [2.75, 3.05) is 13.7 Å². The number of allylic oxidation sites excluding steroid dienone is 1. The van der Waals surface area contributed by atoms with Crippen molar-refractivity contribution in [3.8, 4) is 0 Å². The zero-order chi connectivity index (χ0) is 16.7. The SMILES string of the molecule is COC(=O)CC1C(C(=O)O)=CC2CC(C)(C)CC21C(=O)CO. The quantitative estimate of drug-likeness (QED) is 0.739. The molecule has 2 aliphatic carbocycles. The summed E-state index contributed by atoms with van der Waals surface area (Å²) >= 11 is 0. The predicted octanol–water partition coefficient (Wildman–Crippen LogP) is 1.17. The van der Waals surface area contributed by atoms with E-state index in [4.69, 9.17) is 0 Å². The summed E-state index contributed by atoms with van der Waals surface area (Å²) in [7, 11) is 1.23. The monoisotopic (exact) mass is 310 g/mol. The molecule has 0 amide bonds. The molecule has 6 heteroatoms. The minimum Gasteiger partial charge on any atom is -0.478 e. The standard InChI is InChI=1S/C16H22O6/c1-15(2)6-9-4-10(14(20)21)11(5-13(19)22-3)16(9,8-15)12(18)7-17/h4,9,11,17H,5-8H2,1-3H3,(H,20,21). The number of hydrogen-bond acceptors (Lipinski definition) is 5. The summed E-state index contributed by atoms with van der Waals surface area (Å²) in [5, 5.41) is 18.8. The highest BCUT2D eigenvalue weighted by Gasteiger charge is 2.62. The minimum atomic E-state index is -1.12. The molecule has 3 unspecified atom stereocenters. The van der Waals surface area contributed by atoms with Gasteiger partial charge in [0.1, 0.15) is 6.61 Å². The lowest BCUT2D eigenvalue weighted by atomic mass is 9.66. The number of esters is 1. The number of hydrogen-bond donors (Lipinski definition) is 2. The summed E-state index contributed by atoms with van der Waals surface area (Å²) in [5.41, 5.74) is -1.07. The smallest absolute Gasteiger partial charge is 0.331 e. The van der Waals surface area contributed by atoms with Gasteiger partial charge < -0.3 is 14.9 Å². The van der Waals surface area contributed by atoms with Gasteiger partial charge in [0.2, 0.25) is 0 Å². The van der Waals surface area contributed by atoms with E-state index < -0.39 is 29.9 Å². The number of carboxylic acids is 1. The zero-order valence-electron chi connectivity index (χ0n) is 13.1. The van der Waals surface area contributed by atoms with E-state index in [0.29, 0.717) is 12.8 Å². The Morgan fingerprint density at radius 1 is 1.36 bits per heavy atom. The number of carbonyl (C=O) groups excluding carboxylic acids is 2. The van der Waals surface area contributed by atoms with E-state index in [1.54, 1.807) is 6.08 Å². The number of methoxy groups -OCH3 is 1. The molecule has 3 atom stereocenters. The molecule has 1 fully saturated rings. The Kier molecular flexibility index (Phi) is 4.17. The minimum absolute atomic E-state index is 0.0905. The molecule has 0 radical (unpaired) electrons. The fourth-order valence-electron chi connectivity index (χ4n) is 4.38.